The first-order valence-electron chi connectivity index (χ1n) is 12.2. The van der Waals surface area contributed by atoms with Gasteiger partial charge in [-0.1, -0.05) is 76.6 Å². The molecule has 29 heavy (non-hydrogen) atoms. The summed E-state index contributed by atoms with van der Waals surface area (Å²) in [5.74, 6) is 3.58. The van der Waals surface area contributed by atoms with Gasteiger partial charge in [0.15, 0.2) is 0 Å². The van der Waals surface area contributed by atoms with Crippen LogP contribution in [0.15, 0.2) is 47.6 Å². The molecule has 0 aromatic rings. The molecule has 0 unspecified atom stereocenters. The molecule has 0 aromatic carbocycles. The van der Waals surface area contributed by atoms with Crippen molar-refractivity contribution >= 4 is 0 Å². The van der Waals surface area contributed by atoms with E-state index in [4.69, 9.17) is 0 Å². The van der Waals surface area contributed by atoms with Gasteiger partial charge in [0.05, 0.1) is 6.10 Å². The van der Waals surface area contributed by atoms with Crippen LogP contribution in [0.25, 0.3) is 0 Å². The Hall–Kier alpha value is -1.08. The average molecular weight is 397 g/mol. The third-order valence-electron chi connectivity index (χ3n) is 8.63. The number of rotatable bonds is 5. The van der Waals surface area contributed by atoms with Gasteiger partial charge in [0.2, 0.25) is 0 Å². The van der Waals surface area contributed by atoms with Crippen molar-refractivity contribution in [1.29, 1.82) is 0 Å². The molecule has 3 aliphatic carbocycles. The number of hydrogen-bond acceptors (Lipinski definition) is 1. The highest BCUT2D eigenvalue weighted by Gasteiger charge is 2.50. The van der Waals surface area contributed by atoms with Gasteiger partial charge in [-0.05, 0) is 91.9 Å². The van der Waals surface area contributed by atoms with Crippen LogP contribution >= 0.6 is 0 Å². The minimum atomic E-state index is -0.182. The van der Waals surface area contributed by atoms with Gasteiger partial charge < -0.3 is 5.11 Å². The van der Waals surface area contributed by atoms with Crippen LogP contribution in [0.1, 0.15) is 86.0 Å². The first kappa shape index (κ1) is 22.6. The van der Waals surface area contributed by atoms with Gasteiger partial charge in [0.1, 0.15) is 0 Å². The Balaban J connectivity index is 1.75. The zero-order valence-corrected chi connectivity index (χ0v) is 19.6. The molecule has 3 aliphatic rings. The van der Waals surface area contributed by atoms with Gasteiger partial charge in [0, 0.05) is 0 Å². The molecular weight excluding hydrogens is 352 g/mol. The van der Waals surface area contributed by atoms with E-state index in [2.05, 4.69) is 65.5 Å². The first-order valence-corrected chi connectivity index (χ1v) is 12.2. The standard InChI is InChI=1S/C28H44O/c1-19(2)20(3)9-10-22(5)26-15-16-27-23(8-7-17-28(26,27)6)12-13-24-18-25(29)14-11-21(24)4/h9-10,12-13,19-20,22,25-27,29H,4,7-8,11,14-18H2,1-3,5-6H3/b10-9+,23-12-,24-13-/t20-,22+,25+,26-,27-,28-/m1/s1. The molecule has 0 heterocycles. The maximum absolute atomic E-state index is 10.0. The maximum Gasteiger partial charge on any atom is 0.0583 e. The van der Waals surface area contributed by atoms with E-state index in [-0.39, 0.29) is 6.10 Å². The van der Waals surface area contributed by atoms with Crippen molar-refractivity contribution in [3.63, 3.8) is 0 Å². The first-order chi connectivity index (χ1) is 13.7. The maximum atomic E-state index is 10.0. The quantitative estimate of drug-likeness (QED) is 0.473. The van der Waals surface area contributed by atoms with Crippen LogP contribution in [-0.2, 0) is 0 Å². The lowest BCUT2D eigenvalue weighted by atomic mass is 9.61. The van der Waals surface area contributed by atoms with E-state index < -0.39 is 0 Å². The predicted octanol–water partition coefficient (Wildman–Crippen LogP) is 7.64. The fourth-order valence-corrected chi connectivity index (χ4v) is 6.25. The molecule has 1 heteroatoms. The number of hydrogen-bond donors (Lipinski definition) is 1. The van der Waals surface area contributed by atoms with Gasteiger partial charge in [-0.15, -0.1) is 0 Å². The molecule has 0 bridgehead atoms. The van der Waals surface area contributed by atoms with Crippen molar-refractivity contribution in [3.8, 4) is 0 Å². The molecule has 3 rings (SSSR count). The fourth-order valence-electron chi connectivity index (χ4n) is 6.25. The molecule has 0 amide bonds. The summed E-state index contributed by atoms with van der Waals surface area (Å²) in [4.78, 5) is 0. The summed E-state index contributed by atoms with van der Waals surface area (Å²) in [6.07, 6.45) is 18.8. The second-order valence-corrected chi connectivity index (χ2v) is 10.9. The summed E-state index contributed by atoms with van der Waals surface area (Å²) in [5.41, 5.74) is 4.61. The van der Waals surface area contributed by atoms with E-state index in [1.54, 1.807) is 5.57 Å². The van der Waals surface area contributed by atoms with Gasteiger partial charge in [-0.3, -0.25) is 0 Å². The number of fused-ring (bicyclic) bond motifs is 1. The normalized spacial score (nSPS) is 38.2. The van der Waals surface area contributed by atoms with Gasteiger partial charge in [-0.25, -0.2) is 0 Å². The zero-order chi connectivity index (χ0) is 21.2. The molecule has 0 aromatic heterocycles. The Kier molecular flexibility index (Phi) is 7.31. The molecule has 6 atom stereocenters. The van der Waals surface area contributed by atoms with Crippen LogP contribution < -0.4 is 0 Å². The third kappa shape index (κ3) is 4.98. The summed E-state index contributed by atoms with van der Waals surface area (Å²) < 4.78 is 0. The Morgan fingerprint density at radius 1 is 1.03 bits per heavy atom. The second kappa shape index (κ2) is 9.38. The van der Waals surface area contributed by atoms with E-state index in [1.165, 1.54) is 43.3 Å². The highest BCUT2D eigenvalue weighted by molar-refractivity contribution is 5.36. The van der Waals surface area contributed by atoms with Crippen LogP contribution in [0.3, 0.4) is 0 Å². The van der Waals surface area contributed by atoms with Crippen LogP contribution in [0.5, 0.6) is 0 Å². The number of aliphatic hydroxyl groups excluding tert-OH is 1. The van der Waals surface area contributed by atoms with Gasteiger partial charge in [0.25, 0.3) is 0 Å². The van der Waals surface area contributed by atoms with Crippen molar-refractivity contribution < 1.29 is 5.11 Å². The van der Waals surface area contributed by atoms with E-state index in [0.29, 0.717) is 17.3 Å². The highest BCUT2D eigenvalue weighted by Crippen LogP contribution is 2.59. The van der Waals surface area contributed by atoms with Gasteiger partial charge >= 0.3 is 0 Å². The molecule has 3 fully saturated rings. The third-order valence-corrected chi connectivity index (χ3v) is 8.63. The Morgan fingerprint density at radius 2 is 1.79 bits per heavy atom. The number of allylic oxidation sites excluding steroid dienone is 6. The summed E-state index contributed by atoms with van der Waals surface area (Å²) in [5, 5.41) is 10.0. The lowest BCUT2D eigenvalue weighted by Gasteiger charge is -2.44. The molecule has 0 spiro atoms. The molecule has 0 saturated heterocycles. The fraction of sp³-hybridized carbons (Fsp3) is 0.714. The molecule has 1 nitrogen and oxygen atoms in total. The van der Waals surface area contributed by atoms with Crippen molar-refractivity contribution in [2.24, 2.45) is 35.0 Å². The van der Waals surface area contributed by atoms with E-state index in [1.807, 2.05) is 0 Å². The topological polar surface area (TPSA) is 20.2 Å². The largest absolute Gasteiger partial charge is 0.393 e. The lowest BCUT2D eigenvalue weighted by molar-refractivity contribution is 0.112. The van der Waals surface area contributed by atoms with Gasteiger partial charge in [-0.2, -0.15) is 0 Å². The minimum Gasteiger partial charge on any atom is -0.393 e. The Morgan fingerprint density at radius 3 is 2.52 bits per heavy atom. The number of aliphatic hydroxyl groups is 1. The van der Waals surface area contributed by atoms with Crippen molar-refractivity contribution in [1.82, 2.24) is 0 Å². The lowest BCUT2D eigenvalue weighted by Crippen LogP contribution is -2.35. The summed E-state index contributed by atoms with van der Waals surface area (Å²) in [7, 11) is 0. The summed E-state index contributed by atoms with van der Waals surface area (Å²) in [6, 6.07) is 0. The van der Waals surface area contributed by atoms with Crippen LogP contribution in [-0.4, -0.2) is 11.2 Å². The van der Waals surface area contributed by atoms with Crippen molar-refractivity contribution in [2.75, 3.05) is 0 Å². The summed E-state index contributed by atoms with van der Waals surface area (Å²) in [6.45, 7) is 16.3. The SMILES string of the molecule is C=C1CC[C@H](O)C/C1=C/C=C1/CCC[C@@]2(C)[C@@H]1CC[C@@H]2[C@@H](C)/C=C/[C@@H](C)C(C)C. The van der Waals surface area contributed by atoms with Crippen LogP contribution in [0.4, 0.5) is 0 Å². The van der Waals surface area contributed by atoms with E-state index in [9.17, 15) is 5.11 Å². The monoisotopic (exact) mass is 396 g/mol. The molecular formula is C28H44O. The van der Waals surface area contributed by atoms with Crippen LogP contribution in [0.2, 0.25) is 0 Å². The van der Waals surface area contributed by atoms with Crippen molar-refractivity contribution in [2.45, 2.75) is 92.1 Å². The summed E-state index contributed by atoms with van der Waals surface area (Å²) >= 11 is 0. The van der Waals surface area contributed by atoms with Crippen LogP contribution in [0, 0.1) is 35.0 Å². The molecule has 0 aliphatic heterocycles. The Labute approximate surface area is 180 Å². The molecule has 0 radical (unpaired) electrons. The molecule has 3 saturated carbocycles. The predicted molar refractivity (Wildman–Crippen MR) is 126 cm³/mol. The second-order valence-electron chi connectivity index (χ2n) is 10.9. The smallest absolute Gasteiger partial charge is 0.0583 e. The zero-order valence-electron chi connectivity index (χ0n) is 19.6. The Bertz CT molecular complexity index is 678. The van der Waals surface area contributed by atoms with Crippen molar-refractivity contribution in [3.05, 3.63) is 47.6 Å². The highest BCUT2D eigenvalue weighted by atomic mass is 16.3. The van der Waals surface area contributed by atoms with E-state index in [0.717, 1.165) is 37.0 Å². The van der Waals surface area contributed by atoms with E-state index >= 15 is 0 Å². The molecule has 1 N–H and O–H groups in total. The minimum absolute atomic E-state index is 0.182. The average Bonchev–Trinajstić information content (AvgIpc) is 3.04. The molecule has 162 valence electrons.